The Hall–Kier alpha value is -2.35. The van der Waals surface area contributed by atoms with E-state index in [1.54, 1.807) is 12.1 Å². The number of nitrogens with one attached hydrogen (secondary N) is 1. The van der Waals surface area contributed by atoms with Crippen LogP contribution in [0.3, 0.4) is 0 Å². The molecule has 0 amide bonds. The number of anilines is 1. The quantitative estimate of drug-likeness (QED) is 0.302. The summed E-state index contributed by atoms with van der Waals surface area (Å²) in [6.45, 7) is 1.99. The molecule has 0 spiro atoms. The van der Waals surface area contributed by atoms with Crippen LogP contribution >= 0.6 is 0 Å². The van der Waals surface area contributed by atoms with E-state index in [0.29, 0.717) is 0 Å². The van der Waals surface area contributed by atoms with Gasteiger partial charge in [0.05, 0.1) is 0 Å². The van der Waals surface area contributed by atoms with E-state index in [0.717, 1.165) is 20.2 Å². The van der Waals surface area contributed by atoms with Gasteiger partial charge in [0.15, 0.2) is 0 Å². The van der Waals surface area contributed by atoms with Crippen molar-refractivity contribution in [1.29, 1.82) is 5.26 Å². The molecule has 0 aliphatic carbocycles. The number of aryl methyl sites for hydroxylation is 1. The van der Waals surface area contributed by atoms with E-state index in [9.17, 15) is 10.1 Å². The third-order valence-corrected chi connectivity index (χ3v) is 4.84. The molecule has 0 radical (unpaired) electrons. The molecule has 0 fully saturated rings. The first kappa shape index (κ1) is 14.1. The maximum atomic E-state index is 10.6. The number of hydrogen-bond acceptors (Lipinski definition) is 4. The van der Waals surface area contributed by atoms with E-state index in [1.807, 2.05) is 31.3 Å². The molecule has 0 bridgehead atoms. The van der Waals surface area contributed by atoms with Crippen LogP contribution in [0.1, 0.15) is 5.56 Å². The molecule has 6 heteroatoms. The van der Waals surface area contributed by atoms with Gasteiger partial charge in [-0.1, -0.05) is 0 Å². The normalized spacial score (nSPS) is 9.80. The molecule has 0 atom stereocenters. The molecule has 0 saturated heterocycles. The molecule has 20 heavy (non-hydrogen) atoms. The zero-order valence-corrected chi connectivity index (χ0v) is 12.4. The van der Waals surface area contributed by atoms with Crippen molar-refractivity contribution in [2.75, 3.05) is 5.32 Å². The van der Waals surface area contributed by atoms with E-state index >= 15 is 0 Å². The molecule has 2 aromatic carbocycles. The Morgan fingerprint density at radius 3 is 2.55 bits per heavy atom. The van der Waals surface area contributed by atoms with Gasteiger partial charge >= 0.3 is 122 Å². The molecule has 2 rings (SSSR count). The van der Waals surface area contributed by atoms with Crippen LogP contribution in [0.2, 0.25) is 0 Å². The Bertz CT molecular complexity index is 678. The van der Waals surface area contributed by atoms with Gasteiger partial charge in [-0.25, -0.2) is 0 Å². The van der Waals surface area contributed by atoms with Gasteiger partial charge in [-0.05, 0) is 0 Å². The van der Waals surface area contributed by atoms with Crippen LogP contribution in [-0.4, -0.2) is 19.9 Å². The van der Waals surface area contributed by atoms with Crippen molar-refractivity contribution in [3.8, 4) is 6.19 Å². The number of rotatable bonds is 4. The van der Waals surface area contributed by atoms with Gasteiger partial charge in [0.2, 0.25) is 0 Å². The van der Waals surface area contributed by atoms with E-state index in [-0.39, 0.29) is 20.6 Å². The average molecular weight is 332 g/mol. The second kappa shape index (κ2) is 6.20. The molecule has 1 N–H and O–H groups in total. The Balaban J connectivity index is 2.27. The number of nitrogens with zero attached hydrogens (tertiary/aromatic N) is 2. The van der Waals surface area contributed by atoms with E-state index in [4.69, 9.17) is 5.26 Å². The summed E-state index contributed by atoms with van der Waals surface area (Å²) in [5, 5.41) is 22.0. The van der Waals surface area contributed by atoms with E-state index in [2.05, 4.69) is 5.32 Å². The number of hydrogen-bond donors (Lipinski definition) is 1. The summed E-state index contributed by atoms with van der Waals surface area (Å²) >= 11 is -0.0136. The predicted octanol–water partition coefficient (Wildman–Crippen LogP) is 1.45. The molecular weight excluding hydrogens is 321 g/mol. The van der Waals surface area contributed by atoms with Gasteiger partial charge in [-0.3, -0.25) is 0 Å². The van der Waals surface area contributed by atoms with Crippen molar-refractivity contribution in [2.45, 2.75) is 6.92 Å². The van der Waals surface area contributed by atoms with Gasteiger partial charge in [-0.15, -0.1) is 0 Å². The molecular formula is C14H11N3O2Se. The molecule has 0 heterocycles. The van der Waals surface area contributed by atoms with Crippen molar-refractivity contribution in [3.05, 3.63) is 58.1 Å². The zero-order valence-electron chi connectivity index (χ0n) is 10.7. The number of nitriles is 1. The Morgan fingerprint density at radius 1 is 1.25 bits per heavy atom. The minimum absolute atomic E-state index is 0.0136. The van der Waals surface area contributed by atoms with Crippen LogP contribution in [0.4, 0.5) is 11.4 Å². The van der Waals surface area contributed by atoms with Gasteiger partial charge in [0.25, 0.3) is 0 Å². The van der Waals surface area contributed by atoms with Crippen LogP contribution in [0.15, 0.2) is 42.5 Å². The molecule has 100 valence electrons. The molecule has 0 aliphatic heterocycles. The Kier molecular flexibility index (Phi) is 4.36. The SMILES string of the molecule is Cc1ccc(NC#N)c([Se]c2ccc([N+](=O)[O-])cc2)c1. The second-order valence-corrected chi connectivity index (χ2v) is 6.43. The number of benzene rings is 2. The minimum atomic E-state index is -0.411. The van der Waals surface area contributed by atoms with Crippen molar-refractivity contribution in [1.82, 2.24) is 0 Å². The summed E-state index contributed by atoms with van der Waals surface area (Å²) in [7, 11) is 0. The number of nitro benzene ring substituents is 1. The molecule has 0 aliphatic rings. The summed E-state index contributed by atoms with van der Waals surface area (Å²) < 4.78 is 2.07. The van der Waals surface area contributed by atoms with Crippen molar-refractivity contribution < 1.29 is 4.92 Å². The fourth-order valence-electron chi connectivity index (χ4n) is 1.64. The first-order valence-corrected chi connectivity index (χ1v) is 7.49. The zero-order chi connectivity index (χ0) is 14.5. The van der Waals surface area contributed by atoms with E-state index in [1.165, 1.54) is 12.1 Å². The molecule has 0 saturated carbocycles. The van der Waals surface area contributed by atoms with Gasteiger partial charge < -0.3 is 0 Å². The van der Waals surface area contributed by atoms with Crippen LogP contribution in [0, 0.1) is 28.5 Å². The van der Waals surface area contributed by atoms with Gasteiger partial charge in [0.1, 0.15) is 0 Å². The summed E-state index contributed by atoms with van der Waals surface area (Å²) in [6.07, 6.45) is 1.92. The van der Waals surface area contributed by atoms with Crippen LogP contribution in [0.5, 0.6) is 0 Å². The summed E-state index contributed by atoms with van der Waals surface area (Å²) in [5.41, 5.74) is 1.99. The first-order chi connectivity index (χ1) is 9.60. The van der Waals surface area contributed by atoms with Gasteiger partial charge in [-0.2, -0.15) is 0 Å². The Morgan fingerprint density at radius 2 is 1.95 bits per heavy atom. The van der Waals surface area contributed by atoms with Crippen molar-refractivity contribution in [2.24, 2.45) is 0 Å². The number of nitro groups is 1. The summed E-state index contributed by atoms with van der Waals surface area (Å²) in [4.78, 5) is 10.2. The first-order valence-electron chi connectivity index (χ1n) is 5.78. The Labute approximate surface area is 122 Å². The van der Waals surface area contributed by atoms with E-state index < -0.39 is 4.92 Å². The second-order valence-electron chi connectivity index (χ2n) is 4.09. The van der Waals surface area contributed by atoms with Gasteiger partial charge in [0, 0.05) is 0 Å². The molecule has 5 nitrogen and oxygen atoms in total. The average Bonchev–Trinajstić information content (AvgIpc) is 2.42. The molecule has 0 unspecified atom stereocenters. The monoisotopic (exact) mass is 333 g/mol. The fourth-order valence-corrected chi connectivity index (χ4v) is 3.74. The topological polar surface area (TPSA) is 79.0 Å². The summed E-state index contributed by atoms with van der Waals surface area (Å²) in [5.74, 6) is 0. The third-order valence-electron chi connectivity index (χ3n) is 2.60. The van der Waals surface area contributed by atoms with Crippen molar-refractivity contribution >= 4 is 35.3 Å². The van der Waals surface area contributed by atoms with Crippen molar-refractivity contribution in [3.63, 3.8) is 0 Å². The standard InChI is InChI=1S/C14H11N3O2Se/c1-10-2-7-13(16-9-15)14(8-10)20-12-5-3-11(4-6-12)17(18)19/h2-8,16H,1H3. The third kappa shape index (κ3) is 3.35. The van der Waals surface area contributed by atoms with Crippen LogP contribution in [0.25, 0.3) is 0 Å². The maximum absolute atomic E-state index is 10.6. The molecule has 0 aromatic heterocycles. The van der Waals surface area contributed by atoms with Crippen LogP contribution in [-0.2, 0) is 0 Å². The fraction of sp³-hybridized carbons (Fsp3) is 0.0714. The van der Waals surface area contributed by atoms with Crippen LogP contribution < -0.4 is 14.2 Å². The summed E-state index contributed by atoms with van der Waals surface area (Å²) in [6, 6.07) is 12.4. The predicted molar refractivity (Wildman–Crippen MR) is 78.5 cm³/mol. The molecule has 2 aromatic rings. The number of non-ortho nitro benzene ring substituents is 1.